The standard InChI is InChI=1S/C20H17FN4O2S/c1-12-18(23-11-28-12)13-7-14(9-15(21)8-13)19(26)24-16-3-2-4-17(10-16)25-6-5-22-20(25)27/h2-4,7-11H,5-6H2,1H3,(H,22,27)(H,24,26). The van der Waals surface area contributed by atoms with E-state index in [1.807, 2.05) is 6.92 Å². The van der Waals surface area contributed by atoms with E-state index in [2.05, 4.69) is 15.6 Å². The van der Waals surface area contributed by atoms with E-state index >= 15 is 0 Å². The quantitative estimate of drug-likeness (QED) is 0.699. The van der Waals surface area contributed by atoms with Gasteiger partial charge in [0.05, 0.1) is 11.2 Å². The minimum Gasteiger partial charge on any atom is -0.336 e. The number of nitrogens with zero attached hydrogens (tertiary/aromatic N) is 2. The van der Waals surface area contributed by atoms with Crippen LogP contribution in [0.25, 0.3) is 11.3 Å². The molecular weight excluding hydrogens is 379 g/mol. The van der Waals surface area contributed by atoms with Gasteiger partial charge in [0, 0.05) is 40.5 Å². The number of urea groups is 1. The summed E-state index contributed by atoms with van der Waals surface area (Å²) >= 11 is 1.46. The summed E-state index contributed by atoms with van der Waals surface area (Å²) in [5.41, 5.74) is 4.33. The van der Waals surface area contributed by atoms with Gasteiger partial charge in [-0.25, -0.2) is 14.2 Å². The Kier molecular flexibility index (Phi) is 4.79. The number of hydrogen-bond donors (Lipinski definition) is 2. The van der Waals surface area contributed by atoms with Crippen molar-refractivity contribution < 1.29 is 14.0 Å². The second-order valence-electron chi connectivity index (χ2n) is 6.37. The molecule has 0 spiro atoms. The highest BCUT2D eigenvalue weighted by Gasteiger charge is 2.21. The lowest BCUT2D eigenvalue weighted by atomic mass is 10.1. The molecule has 2 aromatic carbocycles. The number of carbonyl (C=O) groups is 2. The van der Waals surface area contributed by atoms with E-state index in [0.717, 1.165) is 4.88 Å². The number of thiazole rings is 1. The average Bonchev–Trinajstić information content (AvgIpc) is 3.29. The summed E-state index contributed by atoms with van der Waals surface area (Å²) in [6, 6.07) is 11.0. The fraction of sp³-hybridized carbons (Fsp3) is 0.150. The van der Waals surface area contributed by atoms with Crippen molar-refractivity contribution in [2.24, 2.45) is 0 Å². The van der Waals surface area contributed by atoms with Crippen molar-refractivity contribution in [3.63, 3.8) is 0 Å². The Morgan fingerprint density at radius 1 is 1.29 bits per heavy atom. The van der Waals surface area contributed by atoms with Crippen LogP contribution in [0.3, 0.4) is 0 Å². The van der Waals surface area contributed by atoms with Crippen molar-refractivity contribution in [2.45, 2.75) is 6.92 Å². The first-order valence-electron chi connectivity index (χ1n) is 8.69. The highest BCUT2D eigenvalue weighted by molar-refractivity contribution is 7.10. The van der Waals surface area contributed by atoms with Crippen molar-refractivity contribution in [1.29, 1.82) is 0 Å². The van der Waals surface area contributed by atoms with Gasteiger partial charge in [0.25, 0.3) is 5.91 Å². The lowest BCUT2D eigenvalue weighted by Crippen LogP contribution is -2.27. The summed E-state index contributed by atoms with van der Waals surface area (Å²) in [7, 11) is 0. The zero-order valence-electron chi connectivity index (χ0n) is 15.0. The molecular formula is C20H17FN4O2S. The summed E-state index contributed by atoms with van der Waals surface area (Å²) in [6.45, 7) is 3.05. The number of aryl methyl sites for hydroxylation is 1. The Bertz CT molecular complexity index is 1070. The second-order valence-corrected chi connectivity index (χ2v) is 7.43. The highest BCUT2D eigenvalue weighted by Crippen LogP contribution is 2.27. The number of hydrogen-bond acceptors (Lipinski definition) is 4. The Hall–Kier alpha value is -3.26. The van der Waals surface area contributed by atoms with Crippen LogP contribution in [0, 0.1) is 12.7 Å². The molecule has 2 heterocycles. The van der Waals surface area contributed by atoms with Gasteiger partial charge in [-0.1, -0.05) is 6.07 Å². The first-order valence-corrected chi connectivity index (χ1v) is 9.57. The molecule has 6 nitrogen and oxygen atoms in total. The van der Waals surface area contributed by atoms with Gasteiger partial charge in [-0.15, -0.1) is 11.3 Å². The topological polar surface area (TPSA) is 74.3 Å². The molecule has 3 aromatic rings. The number of nitrogens with one attached hydrogen (secondary N) is 2. The van der Waals surface area contributed by atoms with Crippen molar-refractivity contribution in [3.05, 3.63) is 64.2 Å². The molecule has 0 bridgehead atoms. The van der Waals surface area contributed by atoms with Crippen molar-refractivity contribution in [3.8, 4) is 11.3 Å². The number of aromatic nitrogens is 1. The van der Waals surface area contributed by atoms with Crippen molar-refractivity contribution in [2.75, 3.05) is 23.3 Å². The van der Waals surface area contributed by atoms with E-state index < -0.39 is 11.7 Å². The number of anilines is 2. The van der Waals surface area contributed by atoms with Gasteiger partial charge in [-0.05, 0) is 43.3 Å². The summed E-state index contributed by atoms with van der Waals surface area (Å²) in [5, 5.41) is 5.51. The molecule has 2 N–H and O–H groups in total. The largest absolute Gasteiger partial charge is 0.336 e. The first kappa shape index (κ1) is 18.1. The van der Waals surface area contributed by atoms with Gasteiger partial charge in [0.2, 0.25) is 0 Å². The number of benzene rings is 2. The molecule has 142 valence electrons. The predicted molar refractivity (Wildman–Crippen MR) is 107 cm³/mol. The van der Waals surface area contributed by atoms with Crippen LogP contribution < -0.4 is 15.5 Å². The lowest BCUT2D eigenvalue weighted by Gasteiger charge is -2.15. The van der Waals surface area contributed by atoms with Gasteiger partial charge in [0.15, 0.2) is 0 Å². The van der Waals surface area contributed by atoms with Gasteiger partial charge < -0.3 is 10.6 Å². The molecule has 0 unspecified atom stereocenters. The van der Waals surface area contributed by atoms with E-state index in [-0.39, 0.29) is 11.6 Å². The molecule has 1 fully saturated rings. The van der Waals surface area contributed by atoms with E-state index in [4.69, 9.17) is 0 Å². The first-order chi connectivity index (χ1) is 13.5. The number of halogens is 1. The monoisotopic (exact) mass is 396 g/mol. The SMILES string of the molecule is Cc1scnc1-c1cc(F)cc(C(=O)Nc2cccc(N3CCNC3=O)c2)c1. The number of carbonyl (C=O) groups excluding carboxylic acids is 2. The average molecular weight is 396 g/mol. The molecule has 8 heteroatoms. The lowest BCUT2D eigenvalue weighted by molar-refractivity contribution is 0.102. The van der Waals surface area contributed by atoms with Crippen molar-refractivity contribution in [1.82, 2.24) is 10.3 Å². The summed E-state index contributed by atoms with van der Waals surface area (Å²) in [4.78, 5) is 31.3. The smallest absolute Gasteiger partial charge is 0.321 e. The van der Waals surface area contributed by atoms with Gasteiger partial charge in [-0.2, -0.15) is 0 Å². The molecule has 0 atom stereocenters. The fourth-order valence-corrected chi connectivity index (χ4v) is 3.71. The van der Waals surface area contributed by atoms with Crippen LogP contribution in [0.5, 0.6) is 0 Å². The third kappa shape index (κ3) is 3.59. The summed E-state index contributed by atoms with van der Waals surface area (Å²) in [5.74, 6) is -0.936. The maximum atomic E-state index is 14.1. The summed E-state index contributed by atoms with van der Waals surface area (Å²) in [6.07, 6.45) is 0. The minimum atomic E-state index is -0.502. The van der Waals surface area contributed by atoms with E-state index in [1.54, 1.807) is 40.7 Å². The van der Waals surface area contributed by atoms with Crippen LogP contribution in [-0.4, -0.2) is 30.0 Å². The Labute approximate surface area is 165 Å². The van der Waals surface area contributed by atoms with Crippen LogP contribution in [0.2, 0.25) is 0 Å². The van der Waals surface area contributed by atoms with E-state index in [0.29, 0.717) is 35.7 Å². The Balaban J connectivity index is 1.58. The zero-order chi connectivity index (χ0) is 19.7. The van der Waals surface area contributed by atoms with E-state index in [9.17, 15) is 14.0 Å². The second kappa shape index (κ2) is 7.40. The maximum Gasteiger partial charge on any atom is 0.321 e. The highest BCUT2D eigenvalue weighted by atomic mass is 32.1. The Morgan fingerprint density at radius 3 is 2.86 bits per heavy atom. The van der Waals surface area contributed by atoms with Gasteiger partial charge in [0.1, 0.15) is 5.82 Å². The van der Waals surface area contributed by atoms with Crippen LogP contribution in [0.15, 0.2) is 48.0 Å². The Morgan fingerprint density at radius 2 is 2.14 bits per heavy atom. The van der Waals surface area contributed by atoms with Gasteiger partial charge in [-0.3, -0.25) is 9.69 Å². The molecule has 1 aromatic heterocycles. The molecule has 0 aliphatic carbocycles. The minimum absolute atomic E-state index is 0.170. The van der Waals surface area contributed by atoms with Crippen LogP contribution in [0.1, 0.15) is 15.2 Å². The molecule has 1 aliphatic heterocycles. The van der Waals surface area contributed by atoms with E-state index in [1.165, 1.54) is 23.5 Å². The number of rotatable bonds is 4. The van der Waals surface area contributed by atoms with Gasteiger partial charge >= 0.3 is 6.03 Å². The maximum absolute atomic E-state index is 14.1. The predicted octanol–water partition coefficient (Wildman–Crippen LogP) is 4.04. The van der Waals surface area contributed by atoms with Crippen LogP contribution in [0.4, 0.5) is 20.6 Å². The third-order valence-electron chi connectivity index (χ3n) is 4.45. The van der Waals surface area contributed by atoms with Crippen LogP contribution in [-0.2, 0) is 0 Å². The normalized spacial score (nSPS) is 13.5. The molecule has 3 amide bonds. The summed E-state index contributed by atoms with van der Waals surface area (Å²) < 4.78 is 14.1. The third-order valence-corrected chi connectivity index (χ3v) is 5.21. The van der Waals surface area contributed by atoms with Crippen LogP contribution >= 0.6 is 11.3 Å². The van der Waals surface area contributed by atoms with Crippen molar-refractivity contribution >= 4 is 34.6 Å². The number of amides is 3. The zero-order valence-corrected chi connectivity index (χ0v) is 15.8. The molecule has 1 aliphatic rings. The molecule has 0 saturated carbocycles. The molecule has 4 rings (SSSR count). The fourth-order valence-electron chi connectivity index (χ4n) is 3.11. The molecule has 0 radical (unpaired) electrons. The molecule has 1 saturated heterocycles. The molecule has 28 heavy (non-hydrogen) atoms.